The Kier molecular flexibility index (Phi) is 5.35. The SMILES string of the molecule is Cc1ccc(C2CNCCOC2Cn2c(=O)[nH]c3ccccc3c2=O)cc1Cl. The smallest absolute Gasteiger partial charge is 0.328 e. The number of para-hydroxylation sites is 1. The Balaban J connectivity index is 1.74. The van der Waals surface area contributed by atoms with Gasteiger partial charge in [0.25, 0.3) is 5.56 Å². The molecule has 2 unspecified atom stereocenters. The van der Waals surface area contributed by atoms with Crippen molar-refractivity contribution in [3.05, 3.63) is 79.5 Å². The third-order valence-electron chi connectivity index (χ3n) is 5.30. The Morgan fingerprint density at radius 3 is 2.86 bits per heavy atom. The van der Waals surface area contributed by atoms with Crippen LogP contribution in [0.4, 0.5) is 0 Å². The van der Waals surface area contributed by atoms with Gasteiger partial charge in [-0.05, 0) is 36.2 Å². The predicted octanol–water partition coefficient (Wildman–Crippen LogP) is 2.42. The summed E-state index contributed by atoms with van der Waals surface area (Å²) < 4.78 is 7.29. The molecule has 1 aliphatic rings. The van der Waals surface area contributed by atoms with E-state index in [1.165, 1.54) is 4.57 Å². The molecule has 1 saturated heterocycles. The molecule has 1 fully saturated rings. The second kappa shape index (κ2) is 7.91. The maximum absolute atomic E-state index is 12.9. The van der Waals surface area contributed by atoms with E-state index in [0.717, 1.165) is 17.7 Å². The van der Waals surface area contributed by atoms with Crippen LogP contribution in [0.3, 0.4) is 0 Å². The summed E-state index contributed by atoms with van der Waals surface area (Å²) in [6.07, 6.45) is -0.325. The van der Waals surface area contributed by atoms with Gasteiger partial charge in [0.15, 0.2) is 0 Å². The lowest BCUT2D eigenvalue weighted by Crippen LogP contribution is -2.41. The van der Waals surface area contributed by atoms with E-state index in [2.05, 4.69) is 10.3 Å². The monoisotopic (exact) mass is 399 g/mol. The number of nitrogens with zero attached hydrogens (tertiary/aromatic N) is 1. The van der Waals surface area contributed by atoms with E-state index in [1.54, 1.807) is 24.3 Å². The van der Waals surface area contributed by atoms with Crippen LogP contribution in [0.1, 0.15) is 17.0 Å². The Hall–Kier alpha value is -2.41. The molecule has 0 spiro atoms. The van der Waals surface area contributed by atoms with Crippen molar-refractivity contribution in [2.24, 2.45) is 0 Å². The molecule has 3 aromatic rings. The Bertz CT molecular complexity index is 1120. The van der Waals surface area contributed by atoms with E-state index >= 15 is 0 Å². The largest absolute Gasteiger partial charge is 0.374 e. The van der Waals surface area contributed by atoms with Crippen molar-refractivity contribution in [1.82, 2.24) is 14.9 Å². The number of fused-ring (bicyclic) bond motifs is 1. The third kappa shape index (κ3) is 3.63. The van der Waals surface area contributed by atoms with Gasteiger partial charge in [0, 0.05) is 24.0 Å². The number of rotatable bonds is 3. The molecule has 0 radical (unpaired) electrons. The normalized spacial score (nSPS) is 20.2. The summed E-state index contributed by atoms with van der Waals surface area (Å²) in [5.41, 5.74) is 1.84. The van der Waals surface area contributed by atoms with Crippen LogP contribution in [0.5, 0.6) is 0 Å². The maximum atomic E-state index is 12.9. The van der Waals surface area contributed by atoms with Crippen molar-refractivity contribution in [3.8, 4) is 0 Å². The fourth-order valence-electron chi connectivity index (χ4n) is 3.68. The molecule has 1 aliphatic heterocycles. The van der Waals surface area contributed by atoms with Gasteiger partial charge in [-0.2, -0.15) is 0 Å². The van der Waals surface area contributed by atoms with Gasteiger partial charge in [-0.1, -0.05) is 35.9 Å². The molecule has 4 rings (SSSR count). The number of hydrogen-bond acceptors (Lipinski definition) is 4. The van der Waals surface area contributed by atoms with Crippen molar-refractivity contribution < 1.29 is 4.74 Å². The first-order chi connectivity index (χ1) is 13.5. The number of nitrogens with one attached hydrogen (secondary N) is 2. The topological polar surface area (TPSA) is 76.1 Å². The number of hydrogen-bond donors (Lipinski definition) is 2. The zero-order valence-corrected chi connectivity index (χ0v) is 16.3. The molecule has 146 valence electrons. The molecular weight excluding hydrogens is 378 g/mol. The molecule has 0 amide bonds. The number of ether oxygens (including phenoxy) is 1. The summed E-state index contributed by atoms with van der Waals surface area (Å²) >= 11 is 6.33. The average molecular weight is 400 g/mol. The molecule has 6 nitrogen and oxygen atoms in total. The molecule has 0 aliphatic carbocycles. The quantitative estimate of drug-likeness (QED) is 0.709. The lowest BCUT2D eigenvalue weighted by molar-refractivity contribution is 0.0384. The minimum atomic E-state index is -0.426. The van der Waals surface area contributed by atoms with Crippen LogP contribution in [0.2, 0.25) is 5.02 Å². The second-order valence-electron chi connectivity index (χ2n) is 7.12. The van der Waals surface area contributed by atoms with Crippen LogP contribution < -0.4 is 16.6 Å². The number of benzene rings is 2. The van der Waals surface area contributed by atoms with Gasteiger partial charge >= 0.3 is 5.69 Å². The highest BCUT2D eigenvalue weighted by atomic mass is 35.5. The fourth-order valence-corrected chi connectivity index (χ4v) is 3.87. The zero-order chi connectivity index (χ0) is 19.7. The second-order valence-corrected chi connectivity index (χ2v) is 7.53. The van der Waals surface area contributed by atoms with Crippen molar-refractivity contribution in [2.75, 3.05) is 19.7 Å². The number of H-pyrrole nitrogens is 1. The van der Waals surface area contributed by atoms with E-state index in [1.807, 2.05) is 25.1 Å². The fraction of sp³-hybridized carbons (Fsp3) is 0.333. The van der Waals surface area contributed by atoms with Gasteiger partial charge in [-0.3, -0.25) is 9.36 Å². The number of aryl methyl sites for hydroxylation is 1. The summed E-state index contributed by atoms with van der Waals surface area (Å²) in [6.45, 7) is 4.05. The highest BCUT2D eigenvalue weighted by Gasteiger charge is 2.28. The summed E-state index contributed by atoms with van der Waals surface area (Å²) in [7, 11) is 0. The predicted molar refractivity (Wildman–Crippen MR) is 110 cm³/mol. The molecule has 2 N–H and O–H groups in total. The van der Waals surface area contributed by atoms with Crippen LogP contribution in [0.15, 0.2) is 52.1 Å². The van der Waals surface area contributed by atoms with Crippen molar-refractivity contribution >= 4 is 22.5 Å². The zero-order valence-electron chi connectivity index (χ0n) is 15.6. The molecule has 0 saturated carbocycles. The van der Waals surface area contributed by atoms with E-state index in [-0.39, 0.29) is 24.1 Å². The summed E-state index contributed by atoms with van der Waals surface area (Å²) in [4.78, 5) is 28.3. The van der Waals surface area contributed by atoms with Gasteiger partial charge in [0.05, 0.1) is 30.2 Å². The van der Waals surface area contributed by atoms with Crippen LogP contribution in [-0.2, 0) is 11.3 Å². The van der Waals surface area contributed by atoms with Crippen LogP contribution in [0, 0.1) is 6.92 Å². The molecule has 7 heteroatoms. The molecule has 1 aromatic heterocycles. The van der Waals surface area contributed by atoms with Gasteiger partial charge < -0.3 is 15.0 Å². The molecule has 2 atom stereocenters. The highest BCUT2D eigenvalue weighted by molar-refractivity contribution is 6.31. The minimum absolute atomic E-state index is 0.0293. The number of aromatic nitrogens is 2. The van der Waals surface area contributed by atoms with E-state index < -0.39 is 5.69 Å². The van der Waals surface area contributed by atoms with Crippen LogP contribution in [-0.4, -0.2) is 35.4 Å². The van der Waals surface area contributed by atoms with Crippen LogP contribution >= 0.6 is 11.6 Å². The number of aromatic amines is 1. The first kappa shape index (κ1) is 18.9. The first-order valence-electron chi connectivity index (χ1n) is 9.35. The molecular formula is C21H22ClN3O3. The van der Waals surface area contributed by atoms with E-state index in [4.69, 9.17) is 16.3 Å². The molecule has 0 bridgehead atoms. The summed E-state index contributed by atoms with van der Waals surface area (Å²) in [6, 6.07) is 13.0. The first-order valence-corrected chi connectivity index (χ1v) is 9.72. The maximum Gasteiger partial charge on any atom is 0.328 e. The summed E-state index contributed by atoms with van der Waals surface area (Å²) in [5, 5.41) is 4.55. The third-order valence-corrected chi connectivity index (χ3v) is 5.71. The van der Waals surface area contributed by atoms with Gasteiger partial charge in [-0.15, -0.1) is 0 Å². The highest BCUT2D eigenvalue weighted by Crippen LogP contribution is 2.27. The minimum Gasteiger partial charge on any atom is -0.374 e. The van der Waals surface area contributed by atoms with Gasteiger partial charge in [0.1, 0.15) is 0 Å². The van der Waals surface area contributed by atoms with E-state index in [0.29, 0.717) is 29.1 Å². The Labute approximate surface area is 167 Å². The molecule has 2 heterocycles. The lowest BCUT2D eigenvalue weighted by atomic mass is 9.92. The van der Waals surface area contributed by atoms with Crippen molar-refractivity contribution in [1.29, 1.82) is 0 Å². The standard InChI is InChI=1S/C21H22ClN3O3/c1-13-6-7-14(10-17(13)22)16-11-23-8-9-28-19(16)12-25-20(26)15-4-2-3-5-18(15)24-21(25)27/h2-7,10,16,19,23H,8-9,11-12H2,1H3,(H,24,27). The molecule has 28 heavy (non-hydrogen) atoms. The number of halogens is 1. The van der Waals surface area contributed by atoms with Gasteiger partial charge in [0.2, 0.25) is 0 Å². The Morgan fingerprint density at radius 2 is 2.04 bits per heavy atom. The van der Waals surface area contributed by atoms with Crippen molar-refractivity contribution in [2.45, 2.75) is 25.5 Å². The average Bonchev–Trinajstić information content (AvgIpc) is 2.93. The molecule has 2 aromatic carbocycles. The lowest BCUT2D eigenvalue weighted by Gasteiger charge is -2.26. The van der Waals surface area contributed by atoms with Crippen LogP contribution in [0.25, 0.3) is 10.9 Å². The van der Waals surface area contributed by atoms with Gasteiger partial charge in [-0.25, -0.2) is 4.79 Å². The Morgan fingerprint density at radius 1 is 1.21 bits per heavy atom. The van der Waals surface area contributed by atoms with E-state index in [9.17, 15) is 9.59 Å². The summed E-state index contributed by atoms with van der Waals surface area (Å²) in [5.74, 6) is -0.0293. The van der Waals surface area contributed by atoms with Crippen molar-refractivity contribution in [3.63, 3.8) is 0 Å².